The third-order valence-corrected chi connectivity index (χ3v) is 6.07. The van der Waals surface area contributed by atoms with Gasteiger partial charge >= 0.3 is 0 Å². The van der Waals surface area contributed by atoms with Gasteiger partial charge in [0.05, 0.1) is 0 Å². The van der Waals surface area contributed by atoms with E-state index in [2.05, 4.69) is 36.0 Å². The topological polar surface area (TPSA) is 12.0 Å². The van der Waals surface area contributed by atoms with Crippen LogP contribution in [0, 0.1) is 0 Å². The first-order valence-corrected chi connectivity index (χ1v) is 8.22. The van der Waals surface area contributed by atoms with Crippen LogP contribution in [-0.4, -0.2) is 17.5 Å². The number of nitrogens with one attached hydrogen (secondary N) is 1. The highest BCUT2D eigenvalue weighted by atomic mass is 32.2. The lowest BCUT2D eigenvalue weighted by Gasteiger charge is -2.41. The van der Waals surface area contributed by atoms with Gasteiger partial charge in [-0.3, -0.25) is 0 Å². The number of hydrogen-bond donors (Lipinski definition) is 1. The zero-order valence-electron chi connectivity index (χ0n) is 10.2. The largest absolute Gasteiger partial charge is 0.308 e. The van der Waals surface area contributed by atoms with Gasteiger partial charge in [-0.15, -0.1) is 11.3 Å². The van der Waals surface area contributed by atoms with Crippen molar-refractivity contribution in [1.82, 2.24) is 5.32 Å². The van der Waals surface area contributed by atoms with Gasteiger partial charge in [0.1, 0.15) is 0 Å². The minimum Gasteiger partial charge on any atom is -0.308 e. The van der Waals surface area contributed by atoms with Crippen LogP contribution in [0.15, 0.2) is 17.5 Å². The Kier molecular flexibility index (Phi) is 4.34. The van der Waals surface area contributed by atoms with Crippen LogP contribution in [0.1, 0.15) is 43.5 Å². The van der Waals surface area contributed by atoms with Gasteiger partial charge in [0.2, 0.25) is 0 Å². The van der Waals surface area contributed by atoms with Gasteiger partial charge in [0.25, 0.3) is 0 Å². The summed E-state index contributed by atoms with van der Waals surface area (Å²) in [5.74, 6) is 0. The van der Waals surface area contributed by atoms with E-state index in [0.717, 1.165) is 0 Å². The molecule has 0 aromatic carbocycles. The molecule has 0 saturated heterocycles. The summed E-state index contributed by atoms with van der Waals surface area (Å²) in [4.78, 5) is 1.48. The van der Waals surface area contributed by atoms with Gasteiger partial charge in [-0.2, -0.15) is 11.8 Å². The van der Waals surface area contributed by atoms with Crippen LogP contribution in [-0.2, 0) is 0 Å². The van der Waals surface area contributed by atoms with Crippen LogP contribution in [0.5, 0.6) is 0 Å². The van der Waals surface area contributed by atoms with Gasteiger partial charge in [-0.1, -0.05) is 19.4 Å². The predicted molar refractivity (Wildman–Crippen MR) is 75.5 cm³/mol. The lowest BCUT2D eigenvalue weighted by molar-refractivity contribution is 0.329. The van der Waals surface area contributed by atoms with E-state index in [0.29, 0.717) is 10.8 Å². The Morgan fingerprint density at radius 3 is 2.81 bits per heavy atom. The van der Waals surface area contributed by atoms with Crippen molar-refractivity contribution in [1.29, 1.82) is 0 Å². The molecule has 16 heavy (non-hydrogen) atoms. The summed E-state index contributed by atoms with van der Waals surface area (Å²) < 4.78 is 0.546. The van der Waals surface area contributed by atoms with Crippen LogP contribution in [0.2, 0.25) is 0 Å². The maximum absolute atomic E-state index is 3.76. The maximum atomic E-state index is 3.76. The van der Waals surface area contributed by atoms with E-state index in [-0.39, 0.29) is 0 Å². The standard InChI is InChI=1S/C13H21NS2/c1-3-11(12-6-4-9-16-12)14-10-13(15-2)7-5-8-13/h4,6,9,11,14H,3,5,7-8,10H2,1-2H3. The summed E-state index contributed by atoms with van der Waals surface area (Å²) in [6.07, 6.45) is 7.64. The first kappa shape index (κ1) is 12.5. The molecule has 0 aliphatic heterocycles. The molecule has 1 fully saturated rings. The molecule has 1 heterocycles. The molecule has 1 aliphatic carbocycles. The van der Waals surface area contributed by atoms with Crippen LogP contribution in [0.3, 0.4) is 0 Å². The molecule has 2 rings (SSSR count). The zero-order valence-corrected chi connectivity index (χ0v) is 11.8. The van der Waals surface area contributed by atoms with Crippen molar-refractivity contribution in [2.24, 2.45) is 0 Å². The Bertz CT molecular complexity index is 298. The Labute approximate surface area is 107 Å². The molecule has 1 N–H and O–H groups in total. The summed E-state index contributed by atoms with van der Waals surface area (Å²) in [6, 6.07) is 4.96. The van der Waals surface area contributed by atoms with Gasteiger partial charge in [0, 0.05) is 22.2 Å². The molecule has 0 spiro atoms. The monoisotopic (exact) mass is 255 g/mol. The second kappa shape index (κ2) is 5.56. The fourth-order valence-electron chi connectivity index (χ4n) is 2.27. The van der Waals surface area contributed by atoms with Gasteiger partial charge in [-0.05, 0) is 37.0 Å². The molecule has 1 atom stereocenters. The lowest BCUT2D eigenvalue weighted by atomic mass is 9.84. The SMILES string of the molecule is CCC(NCC1(SC)CCC1)c1cccs1. The molecule has 1 saturated carbocycles. The molecule has 0 amide bonds. The van der Waals surface area contributed by atoms with Crippen molar-refractivity contribution in [2.75, 3.05) is 12.8 Å². The Hall–Kier alpha value is 0.01000. The molecule has 0 radical (unpaired) electrons. The predicted octanol–water partition coefficient (Wildman–Crippen LogP) is 4.07. The van der Waals surface area contributed by atoms with E-state index in [9.17, 15) is 0 Å². The van der Waals surface area contributed by atoms with E-state index in [1.54, 1.807) is 0 Å². The van der Waals surface area contributed by atoms with Crippen LogP contribution < -0.4 is 5.32 Å². The van der Waals surface area contributed by atoms with Crippen molar-refractivity contribution in [3.63, 3.8) is 0 Å². The van der Waals surface area contributed by atoms with E-state index in [1.807, 2.05) is 23.1 Å². The van der Waals surface area contributed by atoms with Crippen LogP contribution >= 0.6 is 23.1 Å². The smallest absolute Gasteiger partial charge is 0.0412 e. The Morgan fingerprint density at radius 1 is 1.56 bits per heavy atom. The highest BCUT2D eigenvalue weighted by molar-refractivity contribution is 8.00. The normalized spacial score (nSPS) is 20.4. The molecule has 0 bridgehead atoms. The maximum Gasteiger partial charge on any atom is 0.0412 e. The van der Waals surface area contributed by atoms with Gasteiger partial charge in [0.15, 0.2) is 0 Å². The second-order valence-corrected chi connectivity index (χ2v) is 6.85. The molecular weight excluding hydrogens is 234 g/mol. The molecule has 1 aromatic rings. The summed E-state index contributed by atoms with van der Waals surface area (Å²) >= 11 is 3.92. The molecule has 1 aliphatic rings. The third-order valence-electron chi connectivity index (χ3n) is 3.66. The highest BCUT2D eigenvalue weighted by Gasteiger charge is 2.36. The fourth-order valence-corrected chi connectivity index (χ4v) is 4.08. The van der Waals surface area contributed by atoms with E-state index >= 15 is 0 Å². The molecule has 3 heteroatoms. The lowest BCUT2D eigenvalue weighted by Crippen LogP contribution is -2.44. The fraction of sp³-hybridized carbons (Fsp3) is 0.692. The molecule has 1 unspecified atom stereocenters. The summed E-state index contributed by atoms with van der Waals surface area (Å²) in [7, 11) is 0. The number of hydrogen-bond acceptors (Lipinski definition) is 3. The molecule has 90 valence electrons. The molecule has 1 nitrogen and oxygen atoms in total. The first-order valence-electron chi connectivity index (χ1n) is 6.11. The van der Waals surface area contributed by atoms with Gasteiger partial charge in [-0.25, -0.2) is 0 Å². The van der Waals surface area contributed by atoms with Gasteiger partial charge < -0.3 is 5.32 Å². The molecular formula is C13H21NS2. The third kappa shape index (κ3) is 2.63. The average Bonchev–Trinajstić information content (AvgIpc) is 2.76. The quantitative estimate of drug-likeness (QED) is 0.822. The minimum absolute atomic E-state index is 0.546. The van der Waals surface area contributed by atoms with Crippen molar-refractivity contribution < 1.29 is 0 Å². The zero-order chi connectivity index (χ0) is 11.4. The summed E-state index contributed by atoms with van der Waals surface area (Å²) in [5.41, 5.74) is 0. The summed E-state index contributed by atoms with van der Waals surface area (Å²) in [5, 5.41) is 5.93. The number of thiophene rings is 1. The van der Waals surface area contributed by atoms with Crippen molar-refractivity contribution in [3.8, 4) is 0 Å². The van der Waals surface area contributed by atoms with Crippen LogP contribution in [0.4, 0.5) is 0 Å². The second-order valence-electron chi connectivity index (χ2n) is 4.60. The van der Waals surface area contributed by atoms with Crippen molar-refractivity contribution in [2.45, 2.75) is 43.4 Å². The molecule has 1 aromatic heterocycles. The van der Waals surface area contributed by atoms with Crippen molar-refractivity contribution >= 4 is 23.1 Å². The minimum atomic E-state index is 0.546. The Balaban J connectivity index is 1.88. The van der Waals surface area contributed by atoms with E-state index in [4.69, 9.17) is 0 Å². The van der Waals surface area contributed by atoms with E-state index < -0.39 is 0 Å². The number of rotatable bonds is 6. The van der Waals surface area contributed by atoms with E-state index in [1.165, 1.54) is 37.1 Å². The van der Waals surface area contributed by atoms with Crippen LogP contribution in [0.25, 0.3) is 0 Å². The Morgan fingerprint density at radius 2 is 2.38 bits per heavy atom. The average molecular weight is 255 g/mol. The first-order chi connectivity index (χ1) is 7.79. The summed E-state index contributed by atoms with van der Waals surface area (Å²) in [6.45, 7) is 3.44. The van der Waals surface area contributed by atoms with Crippen molar-refractivity contribution in [3.05, 3.63) is 22.4 Å². The number of thioether (sulfide) groups is 1. The highest BCUT2D eigenvalue weighted by Crippen LogP contribution is 2.42.